The van der Waals surface area contributed by atoms with Crippen molar-refractivity contribution in [2.24, 2.45) is 0 Å². The maximum atomic E-state index is 12.3. The Bertz CT molecular complexity index is 483. The molecule has 0 saturated carbocycles. The Hall–Kier alpha value is -0.850. The van der Waals surface area contributed by atoms with Gasteiger partial charge >= 0.3 is 0 Å². The molecule has 0 bridgehead atoms. The number of nitrogens with zero attached hydrogens (tertiary/aromatic N) is 2. The molecule has 2 aliphatic rings. The molecule has 0 atom stereocenters. The van der Waals surface area contributed by atoms with Crippen LogP contribution in [0.25, 0.3) is 0 Å². The number of nitrogens with one attached hydrogen (secondary N) is 1. The molecule has 0 unspecified atom stereocenters. The number of morpholine rings is 1. The van der Waals surface area contributed by atoms with Crippen molar-refractivity contribution in [3.05, 3.63) is 21.9 Å². The molecule has 1 saturated heterocycles. The van der Waals surface area contributed by atoms with Crippen molar-refractivity contribution in [2.45, 2.75) is 19.4 Å². The molecule has 110 valence electrons. The van der Waals surface area contributed by atoms with Gasteiger partial charge in [-0.05, 0) is 27.6 Å². The normalized spacial score (nSPS) is 19.9. The lowest BCUT2D eigenvalue weighted by molar-refractivity contribution is -0.132. The molecular formula is C14H20BrN3O2. The van der Waals surface area contributed by atoms with Crippen LogP contribution in [0.4, 0.5) is 0 Å². The zero-order chi connectivity index (χ0) is 13.9. The van der Waals surface area contributed by atoms with Gasteiger partial charge < -0.3 is 14.6 Å². The highest BCUT2D eigenvalue weighted by Crippen LogP contribution is 2.22. The van der Waals surface area contributed by atoms with Crippen LogP contribution in [0, 0.1) is 0 Å². The molecule has 3 heterocycles. The minimum absolute atomic E-state index is 0.263. The third kappa shape index (κ3) is 3.24. The Morgan fingerprint density at radius 2 is 2.15 bits per heavy atom. The molecule has 0 radical (unpaired) electrons. The molecule has 6 heteroatoms. The summed E-state index contributed by atoms with van der Waals surface area (Å²) in [5.74, 6) is 0.263. The van der Waals surface area contributed by atoms with Gasteiger partial charge in [0.1, 0.15) is 0 Å². The zero-order valence-corrected chi connectivity index (χ0v) is 13.1. The SMILES string of the molecule is O=C(CCN1CCOCC1)N1CCc2[nH]c(Br)cc2C1. The van der Waals surface area contributed by atoms with Crippen molar-refractivity contribution >= 4 is 21.8 Å². The second kappa shape index (κ2) is 6.28. The smallest absolute Gasteiger partial charge is 0.224 e. The molecule has 3 rings (SSSR count). The van der Waals surface area contributed by atoms with Crippen LogP contribution in [0.15, 0.2) is 10.7 Å². The first-order valence-electron chi connectivity index (χ1n) is 7.16. The minimum Gasteiger partial charge on any atom is -0.379 e. The number of aromatic nitrogens is 1. The Kier molecular flexibility index (Phi) is 4.43. The lowest BCUT2D eigenvalue weighted by Crippen LogP contribution is -2.41. The van der Waals surface area contributed by atoms with E-state index in [2.05, 4.69) is 31.9 Å². The number of carbonyl (C=O) groups excluding carboxylic acids is 1. The van der Waals surface area contributed by atoms with Crippen LogP contribution in [0.1, 0.15) is 17.7 Å². The van der Waals surface area contributed by atoms with Crippen LogP contribution in [-0.4, -0.2) is 60.1 Å². The quantitative estimate of drug-likeness (QED) is 0.903. The maximum Gasteiger partial charge on any atom is 0.224 e. The fourth-order valence-corrected chi connectivity index (χ4v) is 3.36. The number of ether oxygens (including phenoxy) is 1. The highest BCUT2D eigenvalue weighted by atomic mass is 79.9. The molecule has 0 aromatic carbocycles. The minimum atomic E-state index is 0.263. The van der Waals surface area contributed by atoms with Gasteiger partial charge in [-0.3, -0.25) is 9.69 Å². The van der Waals surface area contributed by atoms with Gasteiger partial charge in [0.15, 0.2) is 0 Å². The van der Waals surface area contributed by atoms with E-state index in [0.717, 1.165) is 57.0 Å². The van der Waals surface area contributed by atoms with Gasteiger partial charge in [-0.1, -0.05) is 0 Å². The van der Waals surface area contributed by atoms with E-state index in [1.165, 1.54) is 11.3 Å². The van der Waals surface area contributed by atoms with E-state index in [1.54, 1.807) is 0 Å². The van der Waals surface area contributed by atoms with Crippen LogP contribution in [0.3, 0.4) is 0 Å². The number of halogens is 1. The predicted octanol–water partition coefficient (Wildman–Crippen LogP) is 1.38. The molecule has 1 fully saturated rings. The van der Waals surface area contributed by atoms with E-state index < -0.39 is 0 Å². The highest BCUT2D eigenvalue weighted by molar-refractivity contribution is 9.10. The predicted molar refractivity (Wildman–Crippen MR) is 79.5 cm³/mol. The molecule has 0 aliphatic carbocycles. The van der Waals surface area contributed by atoms with Gasteiger partial charge in [-0.2, -0.15) is 0 Å². The van der Waals surface area contributed by atoms with Crippen molar-refractivity contribution in [1.82, 2.24) is 14.8 Å². The van der Waals surface area contributed by atoms with E-state index in [9.17, 15) is 4.79 Å². The third-order valence-corrected chi connectivity index (χ3v) is 4.48. The number of rotatable bonds is 3. The average Bonchev–Trinajstić information content (AvgIpc) is 2.85. The largest absolute Gasteiger partial charge is 0.379 e. The first kappa shape index (κ1) is 14.1. The lowest BCUT2D eigenvalue weighted by atomic mass is 10.1. The molecule has 1 aromatic rings. The summed E-state index contributed by atoms with van der Waals surface area (Å²) in [7, 11) is 0. The Labute approximate surface area is 127 Å². The maximum absolute atomic E-state index is 12.3. The van der Waals surface area contributed by atoms with E-state index in [0.29, 0.717) is 6.42 Å². The Morgan fingerprint density at radius 1 is 1.35 bits per heavy atom. The summed E-state index contributed by atoms with van der Waals surface area (Å²) in [6, 6.07) is 2.08. The summed E-state index contributed by atoms with van der Waals surface area (Å²) >= 11 is 3.45. The number of aromatic amines is 1. The second-order valence-corrected chi connectivity index (χ2v) is 6.24. The van der Waals surface area contributed by atoms with Crippen LogP contribution in [0.5, 0.6) is 0 Å². The summed E-state index contributed by atoms with van der Waals surface area (Å²) in [5.41, 5.74) is 2.50. The second-order valence-electron chi connectivity index (χ2n) is 5.39. The van der Waals surface area contributed by atoms with E-state index in [4.69, 9.17) is 4.74 Å². The summed E-state index contributed by atoms with van der Waals surface area (Å²) < 4.78 is 6.32. The molecule has 0 spiro atoms. The number of amides is 1. The molecule has 20 heavy (non-hydrogen) atoms. The molecule has 5 nitrogen and oxygen atoms in total. The van der Waals surface area contributed by atoms with Gasteiger partial charge in [0.25, 0.3) is 0 Å². The van der Waals surface area contributed by atoms with E-state index in [1.807, 2.05) is 4.90 Å². The zero-order valence-electron chi connectivity index (χ0n) is 11.5. The Morgan fingerprint density at radius 3 is 2.95 bits per heavy atom. The standard InChI is InChI=1S/C14H20BrN3O2/c15-13-9-11-10-18(4-1-12(11)16-13)14(19)2-3-17-5-7-20-8-6-17/h9,16H,1-8,10H2. The molecule has 1 amide bonds. The first-order valence-corrected chi connectivity index (χ1v) is 7.96. The Balaban J connectivity index is 1.50. The molecular weight excluding hydrogens is 322 g/mol. The van der Waals surface area contributed by atoms with Gasteiger partial charge in [0, 0.05) is 51.3 Å². The van der Waals surface area contributed by atoms with Crippen molar-refractivity contribution in [3.63, 3.8) is 0 Å². The summed E-state index contributed by atoms with van der Waals surface area (Å²) in [5, 5.41) is 0. The van der Waals surface area contributed by atoms with Crippen molar-refractivity contribution in [3.8, 4) is 0 Å². The number of carbonyl (C=O) groups is 1. The first-order chi connectivity index (χ1) is 9.72. The monoisotopic (exact) mass is 341 g/mol. The fraction of sp³-hybridized carbons (Fsp3) is 0.643. The molecule has 2 aliphatic heterocycles. The number of fused-ring (bicyclic) bond motifs is 1. The molecule has 1 aromatic heterocycles. The fourth-order valence-electron chi connectivity index (χ4n) is 2.85. The van der Waals surface area contributed by atoms with Gasteiger partial charge in [-0.25, -0.2) is 0 Å². The van der Waals surface area contributed by atoms with Crippen LogP contribution in [0.2, 0.25) is 0 Å². The van der Waals surface area contributed by atoms with Crippen molar-refractivity contribution in [2.75, 3.05) is 39.4 Å². The van der Waals surface area contributed by atoms with Gasteiger partial charge in [0.2, 0.25) is 5.91 Å². The average molecular weight is 342 g/mol. The van der Waals surface area contributed by atoms with Crippen LogP contribution in [-0.2, 0) is 22.5 Å². The highest BCUT2D eigenvalue weighted by Gasteiger charge is 2.22. The lowest BCUT2D eigenvalue weighted by Gasteiger charge is -2.30. The van der Waals surface area contributed by atoms with Crippen molar-refractivity contribution in [1.29, 1.82) is 0 Å². The number of hydrogen-bond donors (Lipinski definition) is 1. The van der Waals surface area contributed by atoms with Crippen LogP contribution < -0.4 is 0 Å². The van der Waals surface area contributed by atoms with E-state index >= 15 is 0 Å². The van der Waals surface area contributed by atoms with E-state index in [-0.39, 0.29) is 5.91 Å². The summed E-state index contributed by atoms with van der Waals surface area (Å²) in [4.78, 5) is 19.9. The topological polar surface area (TPSA) is 48.6 Å². The van der Waals surface area contributed by atoms with Crippen LogP contribution >= 0.6 is 15.9 Å². The summed E-state index contributed by atoms with van der Waals surface area (Å²) in [6.45, 7) is 5.88. The third-order valence-electron chi connectivity index (χ3n) is 4.05. The van der Waals surface area contributed by atoms with Gasteiger partial charge in [-0.15, -0.1) is 0 Å². The molecule has 1 N–H and O–H groups in total. The van der Waals surface area contributed by atoms with Gasteiger partial charge in [0.05, 0.1) is 17.8 Å². The number of H-pyrrole nitrogens is 1. The summed E-state index contributed by atoms with van der Waals surface area (Å²) in [6.07, 6.45) is 1.53. The number of hydrogen-bond acceptors (Lipinski definition) is 3. The van der Waals surface area contributed by atoms with Crippen molar-refractivity contribution < 1.29 is 9.53 Å².